The molecule has 118 valence electrons. The lowest BCUT2D eigenvalue weighted by molar-refractivity contribution is -0.118. The van der Waals surface area contributed by atoms with Gasteiger partial charge in [0.25, 0.3) is 10.0 Å². The van der Waals surface area contributed by atoms with Crippen molar-refractivity contribution in [3.8, 4) is 0 Å². The number of hydrogen-bond donors (Lipinski definition) is 2. The maximum Gasteiger partial charge on any atom is 0.269 e. The molecule has 1 aromatic rings. The van der Waals surface area contributed by atoms with E-state index in [1.165, 1.54) is 0 Å². The predicted octanol–water partition coefficient (Wildman–Crippen LogP) is 0.590. The zero-order valence-corrected chi connectivity index (χ0v) is 13.5. The third-order valence-corrected chi connectivity index (χ3v) is 5.55. The van der Waals surface area contributed by atoms with Gasteiger partial charge < -0.3 is 10.1 Å². The first-order valence-electron chi connectivity index (χ1n) is 6.64. The van der Waals surface area contributed by atoms with Gasteiger partial charge >= 0.3 is 0 Å². The molecule has 1 aromatic heterocycles. The summed E-state index contributed by atoms with van der Waals surface area (Å²) in [6.07, 6.45) is 1.69. The van der Waals surface area contributed by atoms with Gasteiger partial charge in [0.05, 0.1) is 6.10 Å². The molecule has 1 saturated heterocycles. The van der Waals surface area contributed by atoms with Gasteiger partial charge in [-0.1, -0.05) is 25.2 Å². The van der Waals surface area contributed by atoms with Crippen LogP contribution in [-0.4, -0.2) is 43.8 Å². The number of amides is 1. The third kappa shape index (κ3) is 4.43. The van der Waals surface area contributed by atoms with Gasteiger partial charge in [-0.2, -0.15) is 0 Å². The van der Waals surface area contributed by atoms with Gasteiger partial charge in [0.1, 0.15) is 0 Å². The normalized spacial score (nSPS) is 19.1. The first kappa shape index (κ1) is 16.3. The first-order valence-corrected chi connectivity index (χ1v) is 8.94. The number of sulfonamides is 1. The van der Waals surface area contributed by atoms with Crippen molar-refractivity contribution < 1.29 is 17.9 Å². The summed E-state index contributed by atoms with van der Waals surface area (Å²) in [4.78, 5) is 11.5. The second-order valence-corrected chi connectivity index (χ2v) is 7.92. The number of carbonyl (C=O) groups excluding carboxylic acids is 1. The summed E-state index contributed by atoms with van der Waals surface area (Å²) in [5.74, 6) is -0.450. The first-order chi connectivity index (χ1) is 9.88. The summed E-state index contributed by atoms with van der Waals surface area (Å²) >= 11 is 0.823. The minimum atomic E-state index is -3.72. The molecular weight excluding hydrogens is 316 g/mol. The molecule has 0 aliphatic carbocycles. The second-order valence-electron chi connectivity index (χ2n) is 5.00. The van der Waals surface area contributed by atoms with Crippen molar-refractivity contribution in [3.05, 3.63) is 0 Å². The van der Waals surface area contributed by atoms with E-state index in [4.69, 9.17) is 4.74 Å². The van der Waals surface area contributed by atoms with Gasteiger partial charge in [-0.15, -0.1) is 10.2 Å². The van der Waals surface area contributed by atoms with E-state index < -0.39 is 10.0 Å². The maximum absolute atomic E-state index is 12.1. The van der Waals surface area contributed by atoms with Crippen LogP contribution in [0.1, 0.15) is 26.7 Å². The van der Waals surface area contributed by atoms with E-state index in [-0.39, 0.29) is 33.9 Å². The molecule has 1 aliphatic heterocycles. The molecule has 0 unspecified atom stereocenters. The summed E-state index contributed by atoms with van der Waals surface area (Å²) in [6.45, 7) is 4.35. The van der Waals surface area contributed by atoms with Crippen LogP contribution in [0.4, 0.5) is 5.13 Å². The van der Waals surface area contributed by atoms with E-state index in [0.717, 1.165) is 24.2 Å². The van der Waals surface area contributed by atoms with Crippen LogP contribution in [0.5, 0.6) is 0 Å². The van der Waals surface area contributed by atoms with Crippen LogP contribution in [0.25, 0.3) is 0 Å². The van der Waals surface area contributed by atoms with Crippen molar-refractivity contribution in [2.75, 3.05) is 18.5 Å². The van der Waals surface area contributed by atoms with Crippen molar-refractivity contribution in [1.82, 2.24) is 14.9 Å². The minimum absolute atomic E-state index is 0.0900. The second kappa shape index (κ2) is 6.77. The molecule has 2 rings (SSSR count). The molecule has 1 aliphatic rings. The molecule has 0 radical (unpaired) electrons. The molecule has 2 heterocycles. The maximum atomic E-state index is 12.1. The van der Waals surface area contributed by atoms with Crippen LogP contribution < -0.4 is 10.0 Å². The van der Waals surface area contributed by atoms with Crippen LogP contribution in [-0.2, 0) is 19.6 Å². The molecule has 8 nitrogen and oxygen atoms in total. The highest BCUT2D eigenvalue weighted by Gasteiger charge is 2.24. The monoisotopic (exact) mass is 334 g/mol. The molecule has 0 aromatic carbocycles. The Hall–Kier alpha value is -1.10. The Labute approximate surface area is 127 Å². The van der Waals surface area contributed by atoms with E-state index in [2.05, 4.69) is 20.2 Å². The van der Waals surface area contributed by atoms with Gasteiger partial charge in [0.15, 0.2) is 0 Å². The van der Waals surface area contributed by atoms with Crippen LogP contribution in [0, 0.1) is 5.92 Å². The highest BCUT2D eigenvalue weighted by molar-refractivity contribution is 7.91. The highest BCUT2D eigenvalue weighted by Crippen LogP contribution is 2.20. The summed E-state index contributed by atoms with van der Waals surface area (Å²) < 4.78 is 31.7. The van der Waals surface area contributed by atoms with E-state index in [1.54, 1.807) is 13.8 Å². The lowest BCUT2D eigenvalue weighted by atomic mass is 10.2. The predicted molar refractivity (Wildman–Crippen MR) is 77.5 cm³/mol. The third-order valence-electron chi connectivity index (χ3n) is 2.92. The number of anilines is 1. The molecule has 1 amide bonds. The lowest BCUT2D eigenvalue weighted by Crippen LogP contribution is -2.31. The molecule has 1 fully saturated rings. The molecule has 0 saturated carbocycles. The summed E-state index contributed by atoms with van der Waals surface area (Å²) in [5, 5.41) is 9.97. The quantitative estimate of drug-likeness (QED) is 0.737. The smallest absolute Gasteiger partial charge is 0.269 e. The number of nitrogens with zero attached hydrogens (tertiary/aromatic N) is 2. The Morgan fingerprint density at radius 1 is 1.48 bits per heavy atom. The van der Waals surface area contributed by atoms with Gasteiger partial charge in [0.2, 0.25) is 15.4 Å². The SMILES string of the molecule is CC(C)C(=O)Nc1nnc(S(=O)(=O)NC[C@@H]2CCCO2)s1. The summed E-state index contributed by atoms with van der Waals surface area (Å²) in [6, 6.07) is 0. The van der Waals surface area contributed by atoms with E-state index >= 15 is 0 Å². The molecule has 10 heteroatoms. The van der Waals surface area contributed by atoms with Crippen LogP contribution >= 0.6 is 11.3 Å². The largest absolute Gasteiger partial charge is 0.377 e. The molecule has 0 bridgehead atoms. The fraction of sp³-hybridized carbons (Fsp3) is 0.727. The zero-order chi connectivity index (χ0) is 15.5. The van der Waals surface area contributed by atoms with E-state index in [0.29, 0.717) is 6.61 Å². The van der Waals surface area contributed by atoms with Crippen molar-refractivity contribution in [3.63, 3.8) is 0 Å². The number of rotatable bonds is 6. The van der Waals surface area contributed by atoms with E-state index in [1.807, 2.05) is 0 Å². The molecule has 0 spiro atoms. The molecule has 2 N–H and O–H groups in total. The van der Waals surface area contributed by atoms with Gasteiger partial charge in [0, 0.05) is 19.1 Å². The summed E-state index contributed by atoms with van der Waals surface area (Å²) in [5.41, 5.74) is 0. The number of carbonyl (C=O) groups is 1. The molecular formula is C11H18N4O4S2. The standard InChI is InChI=1S/C11H18N4O4S2/c1-7(2)9(16)13-10-14-15-11(20-10)21(17,18)12-6-8-4-3-5-19-8/h7-8,12H,3-6H2,1-2H3,(H,13,14,16)/t8-/m0/s1. The van der Waals surface area contributed by atoms with Crippen molar-refractivity contribution in [2.45, 2.75) is 37.1 Å². The average Bonchev–Trinajstić information content (AvgIpc) is 3.07. The number of ether oxygens (including phenoxy) is 1. The number of nitrogens with one attached hydrogen (secondary N) is 2. The zero-order valence-electron chi connectivity index (χ0n) is 11.8. The molecule has 21 heavy (non-hydrogen) atoms. The van der Waals surface area contributed by atoms with Crippen LogP contribution in [0.2, 0.25) is 0 Å². The minimum Gasteiger partial charge on any atom is -0.377 e. The Kier molecular flexibility index (Phi) is 5.25. The van der Waals surface area contributed by atoms with Gasteiger partial charge in [-0.3, -0.25) is 4.79 Å². The highest BCUT2D eigenvalue weighted by atomic mass is 32.2. The van der Waals surface area contributed by atoms with Crippen LogP contribution in [0.3, 0.4) is 0 Å². The van der Waals surface area contributed by atoms with Crippen molar-refractivity contribution in [1.29, 1.82) is 0 Å². The Bertz CT molecular complexity index is 593. The Morgan fingerprint density at radius 2 is 2.24 bits per heavy atom. The average molecular weight is 334 g/mol. The van der Waals surface area contributed by atoms with E-state index in [9.17, 15) is 13.2 Å². The lowest BCUT2D eigenvalue weighted by Gasteiger charge is -2.09. The summed E-state index contributed by atoms with van der Waals surface area (Å²) in [7, 11) is -3.72. The van der Waals surface area contributed by atoms with Gasteiger partial charge in [-0.25, -0.2) is 13.1 Å². The Balaban J connectivity index is 1.96. The van der Waals surface area contributed by atoms with Crippen LogP contribution in [0.15, 0.2) is 4.34 Å². The van der Waals surface area contributed by atoms with Crippen molar-refractivity contribution >= 4 is 32.4 Å². The fourth-order valence-electron chi connectivity index (χ4n) is 1.69. The molecule has 1 atom stereocenters. The van der Waals surface area contributed by atoms with Crippen molar-refractivity contribution in [2.24, 2.45) is 5.92 Å². The topological polar surface area (TPSA) is 110 Å². The number of aromatic nitrogens is 2. The Morgan fingerprint density at radius 3 is 2.86 bits per heavy atom. The number of hydrogen-bond acceptors (Lipinski definition) is 7. The fourth-order valence-corrected chi connectivity index (χ4v) is 3.70. The van der Waals surface area contributed by atoms with Gasteiger partial charge in [-0.05, 0) is 12.8 Å².